The summed E-state index contributed by atoms with van der Waals surface area (Å²) in [5, 5.41) is 16.4. The van der Waals surface area contributed by atoms with E-state index in [0.29, 0.717) is 5.41 Å². The van der Waals surface area contributed by atoms with Crippen LogP contribution >= 0.6 is 0 Å². The van der Waals surface area contributed by atoms with Crippen molar-refractivity contribution in [2.24, 2.45) is 23.4 Å². The molecule has 1 fully saturated rings. The molecule has 1 aromatic heterocycles. The van der Waals surface area contributed by atoms with E-state index < -0.39 is 0 Å². The van der Waals surface area contributed by atoms with E-state index in [1.54, 1.807) is 0 Å². The summed E-state index contributed by atoms with van der Waals surface area (Å²) in [4.78, 5) is 2.26. The summed E-state index contributed by atoms with van der Waals surface area (Å²) in [7, 11) is 1.89. The predicted octanol–water partition coefficient (Wildman–Crippen LogP) is 1.06. The lowest BCUT2D eigenvalue weighted by atomic mass is 9.93. The molecule has 0 bridgehead atoms. The number of hydrogen-bond donors (Lipinski definition) is 2. The van der Waals surface area contributed by atoms with Crippen molar-refractivity contribution in [3.8, 4) is 0 Å². The molecule has 6 nitrogen and oxygen atoms in total. The number of aromatic nitrogens is 2. The third-order valence-electron chi connectivity index (χ3n) is 3.53. The van der Waals surface area contributed by atoms with Crippen LogP contribution in [0.4, 0.5) is 5.82 Å². The summed E-state index contributed by atoms with van der Waals surface area (Å²) in [5.41, 5.74) is 7.58. The topological polar surface area (TPSA) is 79.7 Å². The SMILES string of the molecule is Cc1nn(C)c(N2CCC(C)(C)C2)c1C(N)=NO. The monoisotopic (exact) mass is 251 g/mol. The van der Waals surface area contributed by atoms with Gasteiger partial charge in [0.1, 0.15) is 5.82 Å². The number of anilines is 1. The second kappa shape index (κ2) is 4.19. The number of oxime groups is 1. The van der Waals surface area contributed by atoms with Crippen LogP contribution in [0, 0.1) is 12.3 Å². The third-order valence-corrected chi connectivity index (χ3v) is 3.53. The molecule has 2 heterocycles. The molecule has 1 aromatic rings. The van der Waals surface area contributed by atoms with Gasteiger partial charge >= 0.3 is 0 Å². The highest BCUT2D eigenvalue weighted by Gasteiger charge is 2.33. The highest BCUT2D eigenvalue weighted by molar-refractivity contribution is 6.02. The van der Waals surface area contributed by atoms with Crippen LogP contribution in [0.2, 0.25) is 0 Å². The lowest BCUT2D eigenvalue weighted by Crippen LogP contribution is -2.27. The normalized spacial score (nSPS) is 19.6. The fraction of sp³-hybridized carbons (Fsp3) is 0.667. The number of aryl methyl sites for hydroxylation is 2. The van der Waals surface area contributed by atoms with Gasteiger partial charge in [-0.05, 0) is 18.8 Å². The molecular weight excluding hydrogens is 230 g/mol. The zero-order chi connectivity index (χ0) is 13.5. The molecule has 0 aliphatic carbocycles. The van der Waals surface area contributed by atoms with E-state index in [2.05, 4.69) is 29.0 Å². The van der Waals surface area contributed by atoms with Gasteiger partial charge in [-0.3, -0.25) is 4.68 Å². The Hall–Kier alpha value is -1.72. The second-order valence-electron chi connectivity index (χ2n) is 5.73. The Kier molecular flexibility index (Phi) is 2.96. The highest BCUT2D eigenvalue weighted by atomic mass is 16.4. The van der Waals surface area contributed by atoms with Crippen molar-refractivity contribution in [1.29, 1.82) is 0 Å². The average molecular weight is 251 g/mol. The largest absolute Gasteiger partial charge is 0.409 e. The van der Waals surface area contributed by atoms with Crippen LogP contribution in [-0.4, -0.2) is 33.9 Å². The zero-order valence-corrected chi connectivity index (χ0v) is 11.4. The molecule has 1 saturated heterocycles. The minimum atomic E-state index is 0.125. The van der Waals surface area contributed by atoms with Crippen molar-refractivity contribution < 1.29 is 5.21 Å². The molecule has 0 amide bonds. The fourth-order valence-electron chi connectivity index (χ4n) is 2.65. The van der Waals surface area contributed by atoms with E-state index in [-0.39, 0.29) is 5.84 Å². The number of rotatable bonds is 2. The number of nitrogens with zero attached hydrogens (tertiary/aromatic N) is 4. The molecule has 1 aliphatic heterocycles. The van der Waals surface area contributed by atoms with Gasteiger partial charge in [-0.1, -0.05) is 19.0 Å². The standard InChI is InChI=1S/C12H21N5O/c1-8-9(10(13)15-18)11(16(4)14-8)17-6-5-12(2,3)7-17/h18H,5-7H2,1-4H3,(H2,13,15). The molecule has 0 unspecified atom stereocenters. The van der Waals surface area contributed by atoms with Gasteiger partial charge < -0.3 is 15.8 Å². The van der Waals surface area contributed by atoms with Gasteiger partial charge in [-0.25, -0.2) is 0 Å². The quantitative estimate of drug-likeness (QED) is 0.356. The average Bonchev–Trinajstić information content (AvgIpc) is 2.77. The highest BCUT2D eigenvalue weighted by Crippen LogP contribution is 2.34. The molecule has 18 heavy (non-hydrogen) atoms. The summed E-state index contributed by atoms with van der Waals surface area (Å²) in [5.74, 6) is 1.06. The molecule has 0 saturated carbocycles. The van der Waals surface area contributed by atoms with Gasteiger partial charge in [-0.15, -0.1) is 0 Å². The van der Waals surface area contributed by atoms with Crippen LogP contribution < -0.4 is 10.6 Å². The van der Waals surface area contributed by atoms with Crippen LogP contribution in [0.1, 0.15) is 31.5 Å². The molecule has 6 heteroatoms. The lowest BCUT2D eigenvalue weighted by Gasteiger charge is -2.22. The van der Waals surface area contributed by atoms with Crippen molar-refractivity contribution in [3.05, 3.63) is 11.3 Å². The van der Waals surface area contributed by atoms with E-state index in [1.165, 1.54) is 0 Å². The summed E-state index contributed by atoms with van der Waals surface area (Å²) >= 11 is 0. The van der Waals surface area contributed by atoms with Crippen molar-refractivity contribution in [2.45, 2.75) is 27.2 Å². The van der Waals surface area contributed by atoms with E-state index in [0.717, 1.165) is 36.6 Å². The smallest absolute Gasteiger partial charge is 0.175 e. The van der Waals surface area contributed by atoms with Crippen molar-refractivity contribution in [2.75, 3.05) is 18.0 Å². The second-order valence-corrected chi connectivity index (χ2v) is 5.73. The Balaban J connectivity index is 2.45. The summed E-state index contributed by atoms with van der Waals surface area (Å²) in [6.45, 7) is 8.30. The maximum absolute atomic E-state index is 8.90. The molecule has 0 aromatic carbocycles. The van der Waals surface area contributed by atoms with Crippen molar-refractivity contribution >= 4 is 11.7 Å². The number of nitrogens with two attached hydrogens (primary N) is 1. The van der Waals surface area contributed by atoms with Crippen molar-refractivity contribution in [3.63, 3.8) is 0 Å². The van der Waals surface area contributed by atoms with Crippen LogP contribution in [-0.2, 0) is 7.05 Å². The first-order chi connectivity index (χ1) is 8.35. The zero-order valence-electron chi connectivity index (χ0n) is 11.4. The fourth-order valence-corrected chi connectivity index (χ4v) is 2.65. The summed E-state index contributed by atoms with van der Waals surface area (Å²) in [6, 6.07) is 0. The molecule has 100 valence electrons. The van der Waals surface area contributed by atoms with Gasteiger partial charge in [0.2, 0.25) is 0 Å². The van der Waals surface area contributed by atoms with Gasteiger partial charge in [0, 0.05) is 20.1 Å². The first-order valence-electron chi connectivity index (χ1n) is 6.12. The molecule has 0 atom stereocenters. The minimum absolute atomic E-state index is 0.125. The van der Waals surface area contributed by atoms with Crippen molar-refractivity contribution in [1.82, 2.24) is 9.78 Å². The Morgan fingerprint density at radius 3 is 2.67 bits per heavy atom. The Bertz CT molecular complexity index is 489. The molecular formula is C12H21N5O. The first-order valence-corrected chi connectivity index (χ1v) is 6.12. The van der Waals surface area contributed by atoms with Crippen LogP contribution in [0.3, 0.4) is 0 Å². The number of amidine groups is 1. The number of hydrogen-bond acceptors (Lipinski definition) is 4. The van der Waals surface area contributed by atoms with E-state index in [1.807, 2.05) is 18.7 Å². The molecule has 3 N–H and O–H groups in total. The summed E-state index contributed by atoms with van der Waals surface area (Å²) < 4.78 is 1.81. The van der Waals surface area contributed by atoms with E-state index in [9.17, 15) is 0 Å². The first kappa shape index (κ1) is 12.7. The molecule has 2 rings (SSSR count). The van der Waals surface area contributed by atoms with Gasteiger partial charge in [0.25, 0.3) is 0 Å². The van der Waals surface area contributed by atoms with E-state index in [4.69, 9.17) is 10.9 Å². The van der Waals surface area contributed by atoms with E-state index >= 15 is 0 Å². The molecule has 0 radical (unpaired) electrons. The van der Waals surface area contributed by atoms with Gasteiger partial charge in [0.15, 0.2) is 5.84 Å². The third kappa shape index (κ3) is 2.02. The van der Waals surface area contributed by atoms with Crippen LogP contribution in [0.15, 0.2) is 5.16 Å². The Morgan fingerprint density at radius 2 is 2.17 bits per heavy atom. The molecule has 0 spiro atoms. The Labute approximate surface area is 107 Å². The summed E-state index contributed by atoms with van der Waals surface area (Å²) in [6.07, 6.45) is 1.13. The predicted molar refractivity (Wildman–Crippen MR) is 71.1 cm³/mol. The Morgan fingerprint density at radius 1 is 1.50 bits per heavy atom. The van der Waals surface area contributed by atoms with Crippen LogP contribution in [0.5, 0.6) is 0 Å². The van der Waals surface area contributed by atoms with Crippen LogP contribution in [0.25, 0.3) is 0 Å². The molecule has 1 aliphatic rings. The van der Waals surface area contributed by atoms with Gasteiger partial charge in [-0.2, -0.15) is 5.10 Å². The minimum Gasteiger partial charge on any atom is -0.409 e. The van der Waals surface area contributed by atoms with Gasteiger partial charge in [0.05, 0.1) is 11.3 Å². The maximum Gasteiger partial charge on any atom is 0.175 e. The lowest BCUT2D eigenvalue weighted by molar-refractivity contribution is 0.318. The maximum atomic E-state index is 8.90.